The van der Waals surface area contributed by atoms with Gasteiger partial charge in [-0.15, -0.1) is 0 Å². The molecule has 28 heavy (non-hydrogen) atoms. The van der Waals surface area contributed by atoms with Gasteiger partial charge < -0.3 is 19.4 Å². The SMILES string of the molecule is C[C@@H](NC(=O)Cn1cc(C=O)c2ccccc21)c1ccc2c(c1)OCCCO2. The maximum absolute atomic E-state index is 12.6. The molecule has 1 aromatic heterocycles. The summed E-state index contributed by atoms with van der Waals surface area (Å²) in [5.74, 6) is 1.32. The van der Waals surface area contributed by atoms with Crippen molar-refractivity contribution in [3.63, 3.8) is 0 Å². The van der Waals surface area contributed by atoms with Crippen LogP contribution in [0.25, 0.3) is 10.9 Å². The second-order valence-electron chi connectivity index (χ2n) is 6.89. The summed E-state index contributed by atoms with van der Waals surface area (Å²) in [5, 5.41) is 3.86. The molecule has 2 aromatic carbocycles. The lowest BCUT2D eigenvalue weighted by molar-refractivity contribution is -0.122. The molecule has 6 heteroatoms. The van der Waals surface area contributed by atoms with Gasteiger partial charge in [-0.1, -0.05) is 24.3 Å². The molecule has 2 heterocycles. The number of para-hydroxylation sites is 1. The lowest BCUT2D eigenvalue weighted by Gasteiger charge is -2.17. The normalized spacial score (nSPS) is 14.3. The van der Waals surface area contributed by atoms with E-state index in [1.54, 1.807) is 10.8 Å². The van der Waals surface area contributed by atoms with Gasteiger partial charge in [-0.3, -0.25) is 9.59 Å². The molecule has 144 valence electrons. The molecular weight excluding hydrogens is 356 g/mol. The highest BCUT2D eigenvalue weighted by molar-refractivity contribution is 5.98. The van der Waals surface area contributed by atoms with Crippen LogP contribution in [0.15, 0.2) is 48.7 Å². The number of nitrogens with zero attached hydrogens (tertiary/aromatic N) is 1. The van der Waals surface area contributed by atoms with E-state index in [-0.39, 0.29) is 18.5 Å². The first-order valence-electron chi connectivity index (χ1n) is 9.37. The minimum Gasteiger partial charge on any atom is -0.490 e. The van der Waals surface area contributed by atoms with Gasteiger partial charge in [0.1, 0.15) is 6.54 Å². The highest BCUT2D eigenvalue weighted by Crippen LogP contribution is 2.32. The summed E-state index contributed by atoms with van der Waals surface area (Å²) in [7, 11) is 0. The van der Waals surface area contributed by atoms with Crippen LogP contribution in [0, 0.1) is 0 Å². The minimum atomic E-state index is -0.183. The Labute approximate surface area is 163 Å². The van der Waals surface area contributed by atoms with Crippen LogP contribution in [0.1, 0.15) is 35.3 Å². The number of carbonyl (C=O) groups is 2. The predicted molar refractivity (Wildman–Crippen MR) is 106 cm³/mol. The Kier molecular flexibility index (Phi) is 5.02. The van der Waals surface area contributed by atoms with E-state index < -0.39 is 0 Å². The summed E-state index contributed by atoms with van der Waals surface area (Å²) in [4.78, 5) is 23.9. The van der Waals surface area contributed by atoms with Crippen molar-refractivity contribution in [1.29, 1.82) is 0 Å². The molecule has 0 radical (unpaired) electrons. The Bertz CT molecular complexity index is 1020. The number of amides is 1. The summed E-state index contributed by atoms with van der Waals surface area (Å²) in [6.45, 7) is 3.34. The smallest absolute Gasteiger partial charge is 0.240 e. The van der Waals surface area contributed by atoms with Crippen LogP contribution in [0.5, 0.6) is 11.5 Å². The molecule has 0 saturated heterocycles. The first-order chi connectivity index (χ1) is 13.7. The largest absolute Gasteiger partial charge is 0.490 e. The van der Waals surface area contributed by atoms with Crippen LogP contribution in [-0.4, -0.2) is 30.0 Å². The van der Waals surface area contributed by atoms with Crippen molar-refractivity contribution in [3.8, 4) is 11.5 Å². The van der Waals surface area contributed by atoms with Gasteiger partial charge in [0.05, 0.1) is 19.3 Å². The van der Waals surface area contributed by atoms with E-state index >= 15 is 0 Å². The van der Waals surface area contributed by atoms with Crippen molar-refractivity contribution >= 4 is 23.1 Å². The van der Waals surface area contributed by atoms with Gasteiger partial charge in [-0.05, 0) is 30.7 Å². The molecule has 0 unspecified atom stereocenters. The quantitative estimate of drug-likeness (QED) is 0.690. The van der Waals surface area contributed by atoms with Crippen LogP contribution in [0.3, 0.4) is 0 Å². The maximum atomic E-state index is 12.6. The lowest BCUT2D eigenvalue weighted by atomic mass is 10.1. The Morgan fingerprint density at radius 3 is 2.79 bits per heavy atom. The molecule has 1 amide bonds. The third kappa shape index (κ3) is 3.58. The van der Waals surface area contributed by atoms with E-state index in [0.717, 1.165) is 34.9 Å². The number of ether oxygens (including phenoxy) is 2. The number of rotatable bonds is 5. The van der Waals surface area contributed by atoms with Gasteiger partial charge in [-0.25, -0.2) is 0 Å². The fraction of sp³-hybridized carbons (Fsp3) is 0.273. The summed E-state index contributed by atoms with van der Waals surface area (Å²) in [6, 6.07) is 13.1. The standard InChI is InChI=1S/C22H22N2O4/c1-15(16-7-8-20-21(11-16)28-10-4-9-27-20)23-22(26)13-24-12-17(14-25)18-5-2-3-6-19(18)24/h2-3,5-8,11-12,14-15H,4,9-10,13H2,1H3,(H,23,26)/t15-/m1/s1. The number of aldehydes is 1. The second-order valence-corrected chi connectivity index (χ2v) is 6.89. The van der Waals surface area contributed by atoms with Crippen molar-refractivity contribution in [2.75, 3.05) is 13.2 Å². The van der Waals surface area contributed by atoms with Crippen LogP contribution in [0.4, 0.5) is 0 Å². The lowest BCUT2D eigenvalue weighted by Crippen LogP contribution is -2.29. The monoisotopic (exact) mass is 378 g/mol. The number of carbonyl (C=O) groups excluding carboxylic acids is 2. The molecule has 1 atom stereocenters. The molecular formula is C22H22N2O4. The molecule has 4 rings (SSSR count). The van der Waals surface area contributed by atoms with Crippen LogP contribution >= 0.6 is 0 Å². The number of benzene rings is 2. The number of hydrogen-bond acceptors (Lipinski definition) is 4. The molecule has 1 N–H and O–H groups in total. The van der Waals surface area contributed by atoms with Gasteiger partial charge >= 0.3 is 0 Å². The van der Waals surface area contributed by atoms with Crippen LogP contribution in [0.2, 0.25) is 0 Å². The minimum absolute atomic E-state index is 0.127. The molecule has 0 saturated carbocycles. The fourth-order valence-electron chi connectivity index (χ4n) is 3.47. The second kappa shape index (κ2) is 7.76. The van der Waals surface area contributed by atoms with E-state index in [2.05, 4.69) is 5.32 Å². The van der Waals surface area contributed by atoms with E-state index in [1.807, 2.05) is 49.4 Å². The van der Waals surface area contributed by atoms with Gasteiger partial charge in [0, 0.05) is 29.1 Å². The Hall–Kier alpha value is -3.28. The van der Waals surface area contributed by atoms with Crippen molar-refractivity contribution in [1.82, 2.24) is 9.88 Å². The highest BCUT2D eigenvalue weighted by Gasteiger charge is 2.16. The van der Waals surface area contributed by atoms with E-state index in [0.29, 0.717) is 24.5 Å². The third-order valence-electron chi connectivity index (χ3n) is 4.91. The van der Waals surface area contributed by atoms with Crippen molar-refractivity contribution < 1.29 is 19.1 Å². The zero-order chi connectivity index (χ0) is 19.5. The molecule has 3 aromatic rings. The van der Waals surface area contributed by atoms with Crippen LogP contribution < -0.4 is 14.8 Å². The van der Waals surface area contributed by atoms with E-state index in [4.69, 9.17) is 9.47 Å². The van der Waals surface area contributed by atoms with Crippen molar-refractivity contribution in [3.05, 3.63) is 59.8 Å². The summed E-state index contributed by atoms with van der Waals surface area (Å²) < 4.78 is 13.2. The molecule has 0 spiro atoms. The summed E-state index contributed by atoms with van der Waals surface area (Å²) in [5.41, 5.74) is 2.39. The third-order valence-corrected chi connectivity index (χ3v) is 4.91. The molecule has 6 nitrogen and oxygen atoms in total. The Morgan fingerprint density at radius 1 is 1.18 bits per heavy atom. The maximum Gasteiger partial charge on any atom is 0.240 e. The fourth-order valence-corrected chi connectivity index (χ4v) is 3.47. The van der Waals surface area contributed by atoms with Crippen molar-refractivity contribution in [2.24, 2.45) is 0 Å². The van der Waals surface area contributed by atoms with Gasteiger partial charge in [0.2, 0.25) is 5.91 Å². The number of fused-ring (bicyclic) bond motifs is 2. The van der Waals surface area contributed by atoms with Crippen LogP contribution in [-0.2, 0) is 11.3 Å². The highest BCUT2D eigenvalue weighted by atomic mass is 16.5. The van der Waals surface area contributed by atoms with Gasteiger partial charge in [-0.2, -0.15) is 0 Å². The molecule has 0 aliphatic carbocycles. The number of nitrogens with one attached hydrogen (secondary N) is 1. The molecule has 1 aliphatic rings. The average Bonchev–Trinajstić information content (AvgIpc) is 2.89. The number of hydrogen-bond donors (Lipinski definition) is 1. The number of aromatic nitrogens is 1. The topological polar surface area (TPSA) is 69.6 Å². The molecule has 0 bridgehead atoms. The Balaban J connectivity index is 1.48. The van der Waals surface area contributed by atoms with E-state index in [1.165, 1.54) is 0 Å². The van der Waals surface area contributed by atoms with E-state index in [9.17, 15) is 9.59 Å². The summed E-state index contributed by atoms with van der Waals surface area (Å²) in [6.07, 6.45) is 3.39. The predicted octanol–water partition coefficient (Wildman–Crippen LogP) is 3.49. The Morgan fingerprint density at radius 2 is 1.96 bits per heavy atom. The van der Waals surface area contributed by atoms with Crippen molar-refractivity contribution in [2.45, 2.75) is 25.9 Å². The average molecular weight is 378 g/mol. The zero-order valence-electron chi connectivity index (χ0n) is 15.7. The first kappa shape index (κ1) is 18.1. The first-order valence-corrected chi connectivity index (χ1v) is 9.37. The molecule has 1 aliphatic heterocycles. The van der Waals surface area contributed by atoms with Gasteiger partial charge in [0.15, 0.2) is 17.8 Å². The van der Waals surface area contributed by atoms with Gasteiger partial charge in [0.25, 0.3) is 0 Å². The zero-order valence-corrected chi connectivity index (χ0v) is 15.7. The molecule has 0 fully saturated rings. The summed E-state index contributed by atoms with van der Waals surface area (Å²) >= 11 is 0.